The fourth-order valence-electron chi connectivity index (χ4n) is 1.70. The summed E-state index contributed by atoms with van der Waals surface area (Å²) < 4.78 is 18.9. The van der Waals surface area contributed by atoms with Crippen LogP contribution in [0.5, 0.6) is 0 Å². The molecule has 0 saturated heterocycles. The highest BCUT2D eigenvalue weighted by atomic mass is 79.9. The molecule has 0 spiro atoms. The largest absolute Gasteiger partial charge is 0.452 e. The van der Waals surface area contributed by atoms with E-state index in [9.17, 15) is 14.0 Å². The number of amides is 1. The molecule has 0 atom stereocenters. The molecule has 1 N–H and O–H groups in total. The first-order chi connectivity index (χ1) is 11.1. The van der Waals surface area contributed by atoms with Gasteiger partial charge >= 0.3 is 5.97 Å². The number of hydrogen-bond donors (Lipinski definition) is 1. The average Bonchev–Trinajstić information content (AvgIpc) is 2.54. The highest BCUT2D eigenvalue weighted by molar-refractivity contribution is 9.10. The van der Waals surface area contributed by atoms with E-state index in [0.29, 0.717) is 5.69 Å². The van der Waals surface area contributed by atoms with E-state index in [1.807, 2.05) is 6.07 Å². The van der Waals surface area contributed by atoms with Gasteiger partial charge in [0.05, 0.1) is 5.69 Å². The Bertz CT molecular complexity index is 746. The summed E-state index contributed by atoms with van der Waals surface area (Å²) in [4.78, 5) is 23.2. The van der Waals surface area contributed by atoms with Gasteiger partial charge in [-0.15, -0.1) is 0 Å². The lowest BCUT2D eigenvalue weighted by Crippen LogP contribution is -2.20. The van der Waals surface area contributed by atoms with Gasteiger partial charge in [-0.1, -0.05) is 30.3 Å². The molecule has 0 aromatic heterocycles. The maximum absolute atomic E-state index is 13.4. The van der Waals surface area contributed by atoms with E-state index in [4.69, 9.17) is 4.74 Å². The third kappa shape index (κ3) is 5.34. The monoisotopic (exact) mass is 377 g/mol. The highest BCUT2D eigenvalue weighted by Gasteiger charge is 2.07. The molecule has 118 valence electrons. The van der Waals surface area contributed by atoms with E-state index >= 15 is 0 Å². The molecule has 0 aliphatic heterocycles. The maximum atomic E-state index is 13.4. The molecular formula is C17H13BrFNO3. The molecule has 0 fully saturated rings. The number of carbonyl (C=O) groups is 2. The van der Waals surface area contributed by atoms with Crippen molar-refractivity contribution in [1.29, 1.82) is 0 Å². The first-order valence-electron chi connectivity index (χ1n) is 6.70. The van der Waals surface area contributed by atoms with Crippen LogP contribution in [0.2, 0.25) is 0 Å². The lowest BCUT2D eigenvalue weighted by molar-refractivity contribution is -0.142. The summed E-state index contributed by atoms with van der Waals surface area (Å²) in [6.45, 7) is -0.429. The number of nitrogens with one attached hydrogen (secondary N) is 1. The van der Waals surface area contributed by atoms with Crippen molar-refractivity contribution >= 4 is 39.6 Å². The number of hydrogen-bond acceptors (Lipinski definition) is 3. The number of halogens is 2. The third-order valence-electron chi connectivity index (χ3n) is 2.80. The lowest BCUT2D eigenvalue weighted by Gasteiger charge is -2.06. The molecule has 4 nitrogen and oxygen atoms in total. The Morgan fingerprint density at radius 1 is 1.13 bits per heavy atom. The Hall–Kier alpha value is -2.47. The number of benzene rings is 2. The number of rotatable bonds is 5. The zero-order chi connectivity index (χ0) is 16.7. The molecule has 2 rings (SSSR count). The Morgan fingerprint density at radius 2 is 1.83 bits per heavy atom. The van der Waals surface area contributed by atoms with Gasteiger partial charge in [-0.2, -0.15) is 0 Å². The number of ether oxygens (including phenoxy) is 1. The number of esters is 1. The number of anilines is 1. The van der Waals surface area contributed by atoms with Crippen LogP contribution < -0.4 is 5.32 Å². The summed E-state index contributed by atoms with van der Waals surface area (Å²) in [7, 11) is 0. The second kappa shape index (κ2) is 8.24. The zero-order valence-corrected chi connectivity index (χ0v) is 13.5. The minimum absolute atomic E-state index is 0.266. The van der Waals surface area contributed by atoms with E-state index in [1.165, 1.54) is 18.2 Å². The Morgan fingerprint density at radius 3 is 2.57 bits per heavy atom. The molecule has 2 aromatic rings. The summed E-state index contributed by atoms with van der Waals surface area (Å²) >= 11 is 3.29. The first-order valence-corrected chi connectivity index (χ1v) is 7.49. The first kappa shape index (κ1) is 16.9. The fourth-order valence-corrected chi connectivity index (χ4v) is 2.09. The minimum Gasteiger partial charge on any atom is -0.452 e. The SMILES string of the molecule is O=C(COC(=O)/C=C/c1ccccc1F)Nc1ccccc1Br. The highest BCUT2D eigenvalue weighted by Crippen LogP contribution is 2.20. The molecule has 0 radical (unpaired) electrons. The van der Waals surface area contributed by atoms with Gasteiger partial charge in [0, 0.05) is 16.1 Å². The minimum atomic E-state index is -0.726. The van der Waals surface area contributed by atoms with Crippen molar-refractivity contribution in [3.63, 3.8) is 0 Å². The third-order valence-corrected chi connectivity index (χ3v) is 3.49. The predicted octanol–water partition coefficient (Wildman–Crippen LogP) is 3.78. The molecular weight excluding hydrogens is 365 g/mol. The Labute approximate surface area is 141 Å². The van der Waals surface area contributed by atoms with Crippen molar-refractivity contribution in [3.8, 4) is 0 Å². The van der Waals surface area contributed by atoms with Gasteiger partial charge in [0.25, 0.3) is 5.91 Å². The van der Waals surface area contributed by atoms with Gasteiger partial charge < -0.3 is 10.1 Å². The van der Waals surface area contributed by atoms with Gasteiger partial charge in [-0.25, -0.2) is 9.18 Å². The van der Waals surface area contributed by atoms with Crippen LogP contribution in [-0.2, 0) is 14.3 Å². The van der Waals surface area contributed by atoms with Crippen molar-refractivity contribution < 1.29 is 18.7 Å². The van der Waals surface area contributed by atoms with Gasteiger partial charge in [-0.3, -0.25) is 4.79 Å². The standard InChI is InChI=1S/C17H13BrFNO3/c18-13-6-2-4-8-15(13)20-16(21)11-23-17(22)10-9-12-5-1-3-7-14(12)19/h1-10H,11H2,(H,20,21)/b10-9+. The molecule has 1 amide bonds. The molecule has 6 heteroatoms. The maximum Gasteiger partial charge on any atom is 0.331 e. The summed E-state index contributed by atoms with van der Waals surface area (Å²) in [5.41, 5.74) is 0.845. The molecule has 0 aliphatic rings. The van der Waals surface area contributed by atoms with E-state index < -0.39 is 24.3 Å². The molecule has 0 bridgehead atoms. The van der Waals surface area contributed by atoms with E-state index in [1.54, 1.807) is 30.3 Å². The quantitative estimate of drug-likeness (QED) is 0.637. The second-order valence-electron chi connectivity index (χ2n) is 4.49. The lowest BCUT2D eigenvalue weighted by atomic mass is 10.2. The fraction of sp³-hybridized carbons (Fsp3) is 0.0588. The molecule has 2 aromatic carbocycles. The van der Waals surface area contributed by atoms with E-state index in [2.05, 4.69) is 21.2 Å². The molecule has 23 heavy (non-hydrogen) atoms. The van der Waals surface area contributed by atoms with E-state index in [-0.39, 0.29) is 5.56 Å². The van der Waals surface area contributed by atoms with Gasteiger partial charge in [0.2, 0.25) is 0 Å². The van der Waals surface area contributed by atoms with Gasteiger partial charge in [0.1, 0.15) is 5.82 Å². The van der Waals surface area contributed by atoms with Crippen molar-refractivity contribution in [2.45, 2.75) is 0 Å². The van der Waals surface area contributed by atoms with Gasteiger partial charge in [0.15, 0.2) is 6.61 Å². The van der Waals surface area contributed by atoms with Crippen molar-refractivity contribution in [2.24, 2.45) is 0 Å². The summed E-state index contributed by atoms with van der Waals surface area (Å²) in [6.07, 6.45) is 2.37. The van der Waals surface area contributed by atoms with Crippen molar-refractivity contribution in [1.82, 2.24) is 0 Å². The number of carbonyl (C=O) groups excluding carboxylic acids is 2. The second-order valence-corrected chi connectivity index (χ2v) is 5.34. The van der Waals surface area contributed by atoms with Crippen LogP contribution in [-0.4, -0.2) is 18.5 Å². The van der Waals surface area contributed by atoms with Crippen LogP contribution in [0.1, 0.15) is 5.56 Å². The van der Waals surface area contributed by atoms with Crippen LogP contribution in [0, 0.1) is 5.82 Å². The normalized spacial score (nSPS) is 10.5. The summed E-state index contributed by atoms with van der Waals surface area (Å²) in [5.74, 6) is -1.64. The zero-order valence-electron chi connectivity index (χ0n) is 12.0. The van der Waals surface area contributed by atoms with Crippen molar-refractivity contribution in [2.75, 3.05) is 11.9 Å². The van der Waals surface area contributed by atoms with Crippen LogP contribution >= 0.6 is 15.9 Å². The average molecular weight is 378 g/mol. The topological polar surface area (TPSA) is 55.4 Å². The van der Waals surface area contributed by atoms with Crippen LogP contribution in [0.3, 0.4) is 0 Å². The Balaban J connectivity index is 1.83. The van der Waals surface area contributed by atoms with E-state index in [0.717, 1.165) is 10.5 Å². The van der Waals surface area contributed by atoms with Crippen LogP contribution in [0.15, 0.2) is 59.1 Å². The molecule has 0 heterocycles. The smallest absolute Gasteiger partial charge is 0.331 e. The van der Waals surface area contributed by atoms with Crippen molar-refractivity contribution in [3.05, 3.63) is 70.5 Å². The molecule has 0 unspecified atom stereocenters. The van der Waals surface area contributed by atoms with Gasteiger partial charge in [-0.05, 0) is 40.2 Å². The van der Waals surface area contributed by atoms with Crippen LogP contribution in [0.25, 0.3) is 6.08 Å². The molecule has 0 saturated carbocycles. The summed E-state index contributed by atoms with van der Waals surface area (Å²) in [5, 5.41) is 2.60. The van der Waals surface area contributed by atoms with Crippen LogP contribution in [0.4, 0.5) is 10.1 Å². The number of para-hydroxylation sites is 1. The molecule has 0 aliphatic carbocycles. The predicted molar refractivity (Wildman–Crippen MR) is 89.2 cm³/mol. The Kier molecular flexibility index (Phi) is 6.05. The summed E-state index contributed by atoms with van der Waals surface area (Å²) in [6, 6.07) is 13.1.